The summed E-state index contributed by atoms with van der Waals surface area (Å²) in [7, 11) is 0. The molecule has 0 aromatic carbocycles. The van der Waals surface area contributed by atoms with Crippen molar-refractivity contribution in [2.75, 3.05) is 6.54 Å². The highest BCUT2D eigenvalue weighted by Crippen LogP contribution is 2.24. The number of hydrogen-bond donors (Lipinski definition) is 2. The molecule has 0 aromatic heterocycles. The van der Waals surface area contributed by atoms with Crippen molar-refractivity contribution in [3.05, 3.63) is 0 Å². The maximum absolute atomic E-state index is 6.07. The van der Waals surface area contributed by atoms with Gasteiger partial charge in [0.1, 0.15) is 0 Å². The molecule has 13 heavy (non-hydrogen) atoms. The molecule has 1 fully saturated rings. The lowest BCUT2D eigenvalue weighted by atomic mass is 10.00. The third-order valence-corrected chi connectivity index (χ3v) is 3.30. The summed E-state index contributed by atoms with van der Waals surface area (Å²) in [5.74, 6) is 0.906. The molecule has 0 aliphatic heterocycles. The van der Waals surface area contributed by atoms with Crippen LogP contribution in [0.5, 0.6) is 0 Å². The second kappa shape index (κ2) is 4.43. The van der Waals surface area contributed by atoms with Gasteiger partial charge < -0.3 is 11.1 Å². The number of rotatable bonds is 4. The minimum Gasteiger partial charge on any atom is -0.324 e. The molecule has 3 atom stereocenters. The minimum absolute atomic E-state index is 0.0220. The second-order valence-electron chi connectivity index (χ2n) is 5.00. The first kappa shape index (κ1) is 11.0. The van der Waals surface area contributed by atoms with Gasteiger partial charge in [0, 0.05) is 18.1 Å². The summed E-state index contributed by atoms with van der Waals surface area (Å²) < 4.78 is 0. The van der Waals surface area contributed by atoms with E-state index in [1.165, 1.54) is 19.3 Å². The SMILES string of the molecule is CCC(C)(N)CNC1CCC(C)C1. The number of nitrogens with two attached hydrogens (primary N) is 1. The Balaban J connectivity index is 2.19. The molecule has 1 rings (SSSR count). The van der Waals surface area contributed by atoms with Gasteiger partial charge in [-0.15, -0.1) is 0 Å². The lowest BCUT2D eigenvalue weighted by Gasteiger charge is -2.25. The van der Waals surface area contributed by atoms with E-state index < -0.39 is 0 Å². The third kappa shape index (κ3) is 3.65. The van der Waals surface area contributed by atoms with Crippen LogP contribution >= 0.6 is 0 Å². The first-order chi connectivity index (χ1) is 6.03. The lowest BCUT2D eigenvalue weighted by Crippen LogP contribution is -2.47. The maximum Gasteiger partial charge on any atom is 0.0249 e. The first-order valence-electron chi connectivity index (χ1n) is 5.56. The van der Waals surface area contributed by atoms with Crippen LogP contribution in [0.3, 0.4) is 0 Å². The molecule has 0 aromatic rings. The van der Waals surface area contributed by atoms with Crippen molar-refractivity contribution in [1.29, 1.82) is 0 Å². The van der Waals surface area contributed by atoms with Crippen molar-refractivity contribution in [3.63, 3.8) is 0 Å². The van der Waals surface area contributed by atoms with Gasteiger partial charge in [0.15, 0.2) is 0 Å². The molecule has 0 bridgehead atoms. The van der Waals surface area contributed by atoms with E-state index in [4.69, 9.17) is 5.73 Å². The summed E-state index contributed by atoms with van der Waals surface area (Å²) in [6.45, 7) is 7.57. The Kier molecular flexibility index (Phi) is 3.74. The summed E-state index contributed by atoms with van der Waals surface area (Å²) in [6.07, 6.45) is 5.09. The Labute approximate surface area is 82.3 Å². The van der Waals surface area contributed by atoms with Crippen LogP contribution in [-0.2, 0) is 0 Å². The molecule has 2 heteroatoms. The molecule has 1 aliphatic rings. The Morgan fingerprint density at radius 2 is 2.15 bits per heavy atom. The van der Waals surface area contributed by atoms with Crippen LogP contribution in [0, 0.1) is 5.92 Å². The van der Waals surface area contributed by atoms with Crippen molar-refractivity contribution in [1.82, 2.24) is 5.32 Å². The Morgan fingerprint density at radius 1 is 1.46 bits per heavy atom. The van der Waals surface area contributed by atoms with Crippen LogP contribution in [0.1, 0.15) is 46.5 Å². The fourth-order valence-corrected chi connectivity index (χ4v) is 1.89. The van der Waals surface area contributed by atoms with Crippen LogP contribution in [0.25, 0.3) is 0 Å². The normalized spacial score (nSPS) is 33.2. The maximum atomic E-state index is 6.07. The number of hydrogen-bond acceptors (Lipinski definition) is 2. The highest BCUT2D eigenvalue weighted by Gasteiger charge is 2.23. The van der Waals surface area contributed by atoms with E-state index in [-0.39, 0.29) is 5.54 Å². The fraction of sp³-hybridized carbons (Fsp3) is 1.00. The molecule has 78 valence electrons. The van der Waals surface area contributed by atoms with E-state index in [1.807, 2.05) is 0 Å². The second-order valence-corrected chi connectivity index (χ2v) is 5.00. The summed E-state index contributed by atoms with van der Waals surface area (Å²) in [5.41, 5.74) is 6.04. The predicted octanol–water partition coefficient (Wildman–Crippen LogP) is 1.89. The monoisotopic (exact) mass is 184 g/mol. The quantitative estimate of drug-likeness (QED) is 0.700. The average molecular weight is 184 g/mol. The Morgan fingerprint density at radius 3 is 2.62 bits per heavy atom. The first-order valence-corrected chi connectivity index (χ1v) is 5.56. The van der Waals surface area contributed by atoms with E-state index in [2.05, 4.69) is 26.1 Å². The standard InChI is InChI=1S/C11H24N2/c1-4-11(3,12)8-13-10-6-5-9(2)7-10/h9-10,13H,4-8,12H2,1-3H3. The molecule has 0 amide bonds. The zero-order valence-electron chi connectivity index (χ0n) is 9.27. The molecular weight excluding hydrogens is 160 g/mol. The summed E-state index contributed by atoms with van der Waals surface area (Å²) in [6, 6.07) is 0.726. The van der Waals surface area contributed by atoms with Crippen LogP contribution in [0.2, 0.25) is 0 Å². The van der Waals surface area contributed by atoms with E-state index in [9.17, 15) is 0 Å². The van der Waals surface area contributed by atoms with Crippen LogP contribution in [0.4, 0.5) is 0 Å². The summed E-state index contributed by atoms with van der Waals surface area (Å²) in [4.78, 5) is 0. The van der Waals surface area contributed by atoms with Crippen LogP contribution in [-0.4, -0.2) is 18.1 Å². The van der Waals surface area contributed by atoms with Crippen LogP contribution in [0.15, 0.2) is 0 Å². The zero-order chi connectivity index (χ0) is 9.90. The molecule has 0 saturated heterocycles. The summed E-state index contributed by atoms with van der Waals surface area (Å²) >= 11 is 0. The zero-order valence-corrected chi connectivity index (χ0v) is 9.27. The average Bonchev–Trinajstić information content (AvgIpc) is 2.48. The topological polar surface area (TPSA) is 38.0 Å². The van der Waals surface area contributed by atoms with Gasteiger partial charge in [-0.05, 0) is 38.5 Å². The van der Waals surface area contributed by atoms with Crippen molar-refractivity contribution in [2.45, 2.75) is 58.0 Å². The van der Waals surface area contributed by atoms with E-state index in [1.54, 1.807) is 0 Å². The molecule has 3 unspecified atom stereocenters. The lowest BCUT2D eigenvalue weighted by molar-refractivity contribution is 0.380. The van der Waals surface area contributed by atoms with E-state index >= 15 is 0 Å². The Bertz CT molecular complexity index is 154. The van der Waals surface area contributed by atoms with Crippen molar-refractivity contribution >= 4 is 0 Å². The molecule has 3 N–H and O–H groups in total. The van der Waals surface area contributed by atoms with Gasteiger partial charge >= 0.3 is 0 Å². The highest BCUT2D eigenvalue weighted by atomic mass is 15.0. The third-order valence-electron chi connectivity index (χ3n) is 3.30. The molecule has 1 aliphatic carbocycles. The van der Waals surface area contributed by atoms with Crippen molar-refractivity contribution in [2.24, 2.45) is 11.7 Å². The van der Waals surface area contributed by atoms with Crippen molar-refractivity contribution in [3.8, 4) is 0 Å². The molecule has 2 nitrogen and oxygen atoms in total. The van der Waals surface area contributed by atoms with Gasteiger partial charge in [-0.25, -0.2) is 0 Å². The van der Waals surface area contributed by atoms with Crippen molar-refractivity contribution < 1.29 is 0 Å². The van der Waals surface area contributed by atoms with Crippen LogP contribution < -0.4 is 11.1 Å². The van der Waals surface area contributed by atoms with Gasteiger partial charge in [-0.3, -0.25) is 0 Å². The predicted molar refractivity (Wildman–Crippen MR) is 57.7 cm³/mol. The van der Waals surface area contributed by atoms with E-state index in [0.717, 1.165) is 24.9 Å². The molecule has 0 radical (unpaired) electrons. The van der Waals surface area contributed by atoms with Gasteiger partial charge in [0.2, 0.25) is 0 Å². The number of nitrogens with one attached hydrogen (secondary N) is 1. The smallest absolute Gasteiger partial charge is 0.0249 e. The van der Waals surface area contributed by atoms with Gasteiger partial charge in [0.25, 0.3) is 0 Å². The molecule has 0 spiro atoms. The minimum atomic E-state index is -0.0220. The molecule has 0 heterocycles. The van der Waals surface area contributed by atoms with Gasteiger partial charge in [-0.2, -0.15) is 0 Å². The fourth-order valence-electron chi connectivity index (χ4n) is 1.89. The summed E-state index contributed by atoms with van der Waals surface area (Å²) in [5, 5.41) is 3.58. The van der Waals surface area contributed by atoms with E-state index in [0.29, 0.717) is 0 Å². The Hall–Kier alpha value is -0.0800. The van der Waals surface area contributed by atoms with Gasteiger partial charge in [0.05, 0.1) is 0 Å². The largest absolute Gasteiger partial charge is 0.324 e. The molecule has 1 saturated carbocycles. The van der Waals surface area contributed by atoms with Gasteiger partial charge in [-0.1, -0.05) is 13.8 Å². The molecular formula is C11H24N2. The highest BCUT2D eigenvalue weighted by molar-refractivity contribution is 4.84.